The van der Waals surface area contributed by atoms with E-state index < -0.39 is 0 Å². The molecule has 0 bridgehead atoms. The van der Waals surface area contributed by atoms with E-state index in [0.717, 1.165) is 247 Å². The van der Waals surface area contributed by atoms with Crippen LogP contribution in [-0.2, 0) is 0 Å². The minimum absolute atomic E-state index is 0.926. The molecular weight excluding hydrogens is 1630 g/mol. The molecule has 0 unspecified atom stereocenters. The average molecular weight is 1730 g/mol. The van der Waals surface area contributed by atoms with E-state index in [0.29, 0.717) is 0 Å². The van der Waals surface area contributed by atoms with Gasteiger partial charge >= 0.3 is 0 Å². The molecule has 0 aliphatic carbocycles. The van der Waals surface area contributed by atoms with Gasteiger partial charge in [0, 0.05) is 91.6 Å². The molecule has 0 aliphatic heterocycles. The number of hydrogen-bond acceptors (Lipinski definition) is 6. The molecule has 0 amide bonds. The van der Waals surface area contributed by atoms with E-state index >= 15 is 0 Å². The van der Waals surface area contributed by atoms with Crippen LogP contribution >= 0.6 is 0 Å². The van der Waals surface area contributed by atoms with Gasteiger partial charge in [0.2, 0.25) is 0 Å². The van der Waals surface area contributed by atoms with Crippen LogP contribution in [0.1, 0.15) is 61.9 Å². The van der Waals surface area contributed by atoms with E-state index in [4.69, 9.17) is 24.9 Å². The lowest BCUT2D eigenvalue weighted by molar-refractivity contribution is 1.12. The molecule has 134 heavy (non-hydrogen) atoms. The number of hydrogen-bond donors (Lipinski definition) is 0. The topological polar surface area (TPSA) is 90.6 Å². The molecule has 0 radical (unpaired) electrons. The van der Waals surface area contributed by atoms with Gasteiger partial charge in [-0.1, -0.05) is 306 Å². The zero-order chi connectivity index (χ0) is 91.9. The van der Waals surface area contributed by atoms with Gasteiger partial charge in [-0.15, -0.1) is 0 Å². The Labute approximate surface area is 783 Å². The number of imidazole rings is 3. The van der Waals surface area contributed by atoms with Gasteiger partial charge in [-0.05, 0) is 291 Å². The Morgan fingerprint density at radius 3 is 0.813 bits per heavy atom. The Morgan fingerprint density at radius 1 is 0.187 bits per heavy atom. The first kappa shape index (κ1) is 86.0. The summed E-state index contributed by atoms with van der Waals surface area (Å²) in [6.45, 7) is 34.2. The fourth-order valence-electron chi connectivity index (χ4n) is 18.1. The van der Waals surface area contributed by atoms with Crippen molar-refractivity contribution >= 4 is 53.4 Å². The molecule has 0 saturated heterocycles. The molecule has 0 spiro atoms. The van der Waals surface area contributed by atoms with Crippen LogP contribution in [0.15, 0.2) is 428 Å². The summed E-state index contributed by atoms with van der Waals surface area (Å²) in [5.74, 6) is 0. The van der Waals surface area contributed by atoms with E-state index in [1.807, 2.05) is 125 Å². The summed E-state index contributed by atoms with van der Waals surface area (Å²) in [7, 11) is 0. The van der Waals surface area contributed by atoms with Gasteiger partial charge in [0.1, 0.15) is 16.9 Å². The van der Waals surface area contributed by atoms with Gasteiger partial charge in [-0.2, -0.15) is 0 Å². The highest BCUT2D eigenvalue weighted by Gasteiger charge is 2.23. The summed E-state index contributed by atoms with van der Waals surface area (Å²) in [6.07, 6.45) is 17.5. The first-order valence-corrected chi connectivity index (χ1v) is 45.0. The molecule has 9 aromatic heterocycles. The Kier molecular flexibility index (Phi) is 24.5. The molecule has 0 fully saturated rings. The number of fused-ring (bicyclic) bond motifs is 3. The maximum absolute atomic E-state index is 5.06. The van der Waals surface area contributed by atoms with Crippen LogP contribution in [0.5, 0.6) is 0 Å². The summed E-state index contributed by atoms with van der Waals surface area (Å²) in [6, 6.07) is 130. The minimum Gasteiger partial charge on any atom is -0.299 e. The summed E-state index contributed by atoms with van der Waals surface area (Å²) < 4.78 is 6.50. The van der Waals surface area contributed by atoms with Crippen LogP contribution in [0.4, 0.5) is 0 Å². The smallest absolute Gasteiger partial charge is 0.137 e. The molecule has 21 rings (SSSR count). The number of aromatic nitrogens is 9. The third kappa shape index (κ3) is 17.9. The predicted molar refractivity (Wildman–Crippen MR) is 565 cm³/mol. The maximum atomic E-state index is 5.06. The second-order valence-corrected chi connectivity index (χ2v) is 33.6. The zero-order valence-electron chi connectivity index (χ0n) is 75.7. The Bertz CT molecular complexity index is 8050. The van der Waals surface area contributed by atoms with Crippen molar-refractivity contribution in [2.75, 3.05) is 0 Å². The molecule has 21 aromatic rings. The molecule has 642 valence electrons. The fourth-order valence-corrected chi connectivity index (χ4v) is 18.1. The van der Waals surface area contributed by atoms with Gasteiger partial charge in [-0.3, -0.25) is 28.2 Å². The third-order valence-electron chi connectivity index (χ3n) is 24.7. The molecule has 0 N–H and O–H groups in total. The lowest BCUT2D eigenvalue weighted by Crippen LogP contribution is -1.93. The highest BCUT2D eigenvalue weighted by atomic mass is 15.0. The molecule has 12 aromatic carbocycles. The number of nitrogens with zero attached hydrogens (tertiary/aromatic N) is 9. The fraction of sp³-hybridized carbons (Fsp3) is 0.0400. The van der Waals surface area contributed by atoms with E-state index in [1.54, 1.807) is 0 Å². The number of rotatable bonds is 21. The van der Waals surface area contributed by atoms with Gasteiger partial charge in [0.15, 0.2) is 0 Å². The van der Waals surface area contributed by atoms with Gasteiger partial charge < -0.3 is 0 Å². The zero-order valence-corrected chi connectivity index (χ0v) is 75.7. The first-order chi connectivity index (χ1) is 65.6. The minimum atomic E-state index is 0.926. The van der Waals surface area contributed by atoms with Crippen molar-refractivity contribution in [3.05, 3.63) is 490 Å². The Morgan fingerprint density at radius 2 is 0.478 bits per heavy atom. The van der Waals surface area contributed by atoms with Gasteiger partial charge in [-0.25, -0.2) is 15.0 Å². The number of benzene rings is 12. The summed E-state index contributed by atoms with van der Waals surface area (Å²) in [4.78, 5) is 29.4. The molecular formula is C125H97N9. The van der Waals surface area contributed by atoms with Gasteiger partial charge in [0.25, 0.3) is 0 Å². The summed E-state index contributed by atoms with van der Waals surface area (Å²) in [5.41, 5.74) is 47.2. The quantitative estimate of drug-likeness (QED) is 0.0712. The van der Waals surface area contributed by atoms with Crippen molar-refractivity contribution < 1.29 is 0 Å². The van der Waals surface area contributed by atoms with E-state index in [1.165, 1.54) is 0 Å². The Balaban J connectivity index is 0.000000129. The van der Waals surface area contributed by atoms with E-state index in [2.05, 4.69) is 393 Å². The lowest BCUT2D eigenvalue weighted by Gasteiger charge is -2.14. The van der Waals surface area contributed by atoms with Crippen molar-refractivity contribution in [2.24, 2.45) is 0 Å². The molecule has 0 aliphatic rings. The van der Waals surface area contributed by atoms with Crippen LogP contribution in [0.3, 0.4) is 0 Å². The van der Waals surface area contributed by atoms with Crippen LogP contribution in [0.2, 0.25) is 0 Å². The molecule has 0 atom stereocenters. The van der Waals surface area contributed by atoms with Crippen molar-refractivity contribution in [2.45, 2.75) is 34.6 Å². The van der Waals surface area contributed by atoms with Crippen molar-refractivity contribution in [1.29, 1.82) is 0 Å². The van der Waals surface area contributed by atoms with E-state index in [9.17, 15) is 0 Å². The molecule has 0 saturated carbocycles. The van der Waals surface area contributed by atoms with Crippen molar-refractivity contribution in [3.63, 3.8) is 0 Å². The van der Waals surface area contributed by atoms with Gasteiger partial charge in [0.05, 0.1) is 39.9 Å². The summed E-state index contributed by atoms with van der Waals surface area (Å²) >= 11 is 0. The lowest BCUT2D eigenvalue weighted by atomic mass is 9.91. The highest BCUT2D eigenvalue weighted by Crippen LogP contribution is 2.44. The number of pyridine rings is 6. The van der Waals surface area contributed by atoms with Crippen LogP contribution in [0.25, 0.3) is 221 Å². The summed E-state index contributed by atoms with van der Waals surface area (Å²) in [5, 5.41) is 0. The van der Waals surface area contributed by atoms with E-state index in [-0.39, 0.29) is 0 Å². The normalized spacial score (nSPS) is 11.1. The van der Waals surface area contributed by atoms with Crippen LogP contribution in [-0.4, -0.2) is 43.1 Å². The first-order valence-electron chi connectivity index (χ1n) is 45.0. The largest absolute Gasteiger partial charge is 0.299 e. The predicted octanol–water partition coefficient (Wildman–Crippen LogP) is 32.6. The standard InChI is InChI=1S/2C42H33N3.C41H31N3/c1-5-30-16-21-35(24-31(30)6-2)37-25-36(26-38(27-37)39-22-15-28(3)43-29(39)4)32-17-19-33(20-18-32)41-42(34-12-8-7-9-13-34)45-23-11-10-14-40(45)44-41;1-5-30-15-20-35(24-31(30)6-2)38-25-37(26-39(27-38)36-22-28(3)43-29(4)23-36)32-16-18-33(19-17-32)41-42(34-12-8-7-9-13-34)45-21-11-10-14-40(45)44-41;1-4-29-17-22-34(24-30(29)5-2)36-25-35(26-37(27-36)38-15-11-12-28(3)42-38)31-18-20-32(21-19-31)40-41(33-13-7-6-8-14-33)44-23-10-9-16-39(44)43-40/h2*5-27H,1-2H2,3-4H3;4-27H,1-2H2,3H3. The third-order valence-corrected chi connectivity index (χ3v) is 24.7. The highest BCUT2D eigenvalue weighted by molar-refractivity contribution is 5.92. The van der Waals surface area contributed by atoms with Crippen LogP contribution in [0, 0.1) is 34.6 Å². The number of aryl methyl sites for hydroxylation is 5. The Hall–Kier alpha value is -17.4. The second-order valence-electron chi connectivity index (χ2n) is 33.6. The maximum Gasteiger partial charge on any atom is 0.137 e. The average Bonchev–Trinajstić information content (AvgIpc) is 1.67. The second kappa shape index (κ2) is 38.1. The SMILES string of the molecule is C=Cc1ccc(-c2cc(-c3ccc(-c4nc5ccccn5c4-c4ccccc4)cc3)cc(-c3cc(C)nc(C)c3)c2)cc1C=C.C=Cc1ccc(-c2cc(-c3ccc(-c4nc5ccccn5c4-c4ccccc4)cc3)cc(-c3ccc(C)nc3C)c2)cc1C=C.C=Cc1ccc(-c2cc(-c3ccc(-c4nc5ccccn5c4-c4ccccc4)cc3)cc(-c3cccc(C)n3)c2)cc1C=C. The molecule has 9 nitrogen and oxygen atoms in total. The van der Waals surface area contributed by atoms with Crippen molar-refractivity contribution in [3.8, 4) is 168 Å². The van der Waals surface area contributed by atoms with Crippen molar-refractivity contribution in [1.82, 2.24) is 43.1 Å². The molecule has 9 heteroatoms. The van der Waals surface area contributed by atoms with Crippen LogP contribution < -0.4 is 0 Å². The molecule has 9 heterocycles. The monoisotopic (exact) mass is 1720 g/mol.